The zero-order chi connectivity index (χ0) is 15.2. The van der Waals surface area contributed by atoms with Gasteiger partial charge in [-0.15, -0.1) is 0 Å². The van der Waals surface area contributed by atoms with E-state index in [0.717, 1.165) is 17.8 Å². The molecule has 0 radical (unpaired) electrons. The Labute approximate surface area is 136 Å². The lowest BCUT2D eigenvalue weighted by atomic mass is 9.93. The van der Waals surface area contributed by atoms with E-state index in [4.69, 9.17) is 4.98 Å². The summed E-state index contributed by atoms with van der Waals surface area (Å²) >= 11 is 0. The average Bonchev–Trinajstić information content (AvgIpc) is 3.11. The van der Waals surface area contributed by atoms with E-state index in [1.807, 2.05) is 0 Å². The summed E-state index contributed by atoms with van der Waals surface area (Å²) in [5.74, 6) is 0. The second-order valence-electron chi connectivity index (χ2n) is 6.40. The van der Waals surface area contributed by atoms with Crippen molar-refractivity contribution in [3.63, 3.8) is 0 Å². The van der Waals surface area contributed by atoms with Gasteiger partial charge in [-0.05, 0) is 42.7 Å². The van der Waals surface area contributed by atoms with E-state index in [1.54, 1.807) is 0 Å². The monoisotopic (exact) mass is 298 g/mol. The van der Waals surface area contributed by atoms with Gasteiger partial charge in [-0.1, -0.05) is 42.5 Å². The van der Waals surface area contributed by atoms with Crippen LogP contribution in [0.25, 0.3) is 22.6 Å². The number of pyridine rings is 1. The molecule has 2 aliphatic heterocycles. The van der Waals surface area contributed by atoms with Gasteiger partial charge < -0.3 is 4.90 Å². The van der Waals surface area contributed by atoms with E-state index in [-0.39, 0.29) is 0 Å². The van der Waals surface area contributed by atoms with Crippen LogP contribution in [0.1, 0.15) is 24.1 Å². The van der Waals surface area contributed by atoms with Gasteiger partial charge in [0.05, 0.1) is 17.3 Å². The molecule has 112 valence electrons. The molecule has 1 atom stereocenters. The third-order valence-corrected chi connectivity index (χ3v) is 5.06. The summed E-state index contributed by atoms with van der Waals surface area (Å²) in [6, 6.07) is 21.9. The number of hydrogen-bond acceptors (Lipinski definition) is 2. The first-order valence-corrected chi connectivity index (χ1v) is 8.33. The van der Waals surface area contributed by atoms with Gasteiger partial charge in [0, 0.05) is 23.2 Å². The molecule has 0 saturated carbocycles. The van der Waals surface area contributed by atoms with Gasteiger partial charge in [0.25, 0.3) is 0 Å². The summed E-state index contributed by atoms with van der Waals surface area (Å²) in [4.78, 5) is 7.49. The fraction of sp³-hybridized carbons (Fsp3) is 0.190. The number of hydrogen-bond donors (Lipinski definition) is 0. The molecule has 1 unspecified atom stereocenters. The maximum atomic E-state index is 4.94. The van der Waals surface area contributed by atoms with E-state index in [1.165, 1.54) is 35.1 Å². The molecule has 2 heteroatoms. The SMILES string of the molecule is C1=C(c2ccc3ccccc3n2)C2CCCN2c2ccccc21. The Morgan fingerprint density at radius 2 is 1.78 bits per heavy atom. The Morgan fingerprint density at radius 3 is 2.78 bits per heavy atom. The Bertz CT molecular complexity index is 926. The summed E-state index contributed by atoms with van der Waals surface area (Å²) in [7, 11) is 0. The Balaban J connectivity index is 1.70. The van der Waals surface area contributed by atoms with Crippen molar-refractivity contribution in [2.75, 3.05) is 11.4 Å². The van der Waals surface area contributed by atoms with Gasteiger partial charge in [0.2, 0.25) is 0 Å². The third kappa shape index (κ3) is 1.98. The molecule has 0 amide bonds. The van der Waals surface area contributed by atoms with Crippen LogP contribution in [-0.2, 0) is 0 Å². The van der Waals surface area contributed by atoms with Gasteiger partial charge in [-0.3, -0.25) is 0 Å². The highest BCUT2D eigenvalue weighted by atomic mass is 15.2. The predicted octanol–water partition coefficient (Wildman–Crippen LogP) is 4.76. The molecular formula is C21H18N2. The molecule has 0 aliphatic carbocycles. The molecule has 3 heterocycles. The molecule has 1 aromatic heterocycles. The Kier molecular flexibility index (Phi) is 2.77. The fourth-order valence-electron chi connectivity index (χ4n) is 3.98. The molecule has 1 fully saturated rings. The Hall–Kier alpha value is -2.61. The molecule has 2 aromatic carbocycles. The minimum absolute atomic E-state index is 0.471. The van der Waals surface area contributed by atoms with Gasteiger partial charge in [0.1, 0.15) is 0 Å². The van der Waals surface area contributed by atoms with E-state index >= 15 is 0 Å². The van der Waals surface area contributed by atoms with Crippen molar-refractivity contribution in [1.29, 1.82) is 0 Å². The average molecular weight is 298 g/mol. The van der Waals surface area contributed by atoms with Crippen molar-refractivity contribution >= 4 is 28.2 Å². The lowest BCUT2D eigenvalue weighted by Gasteiger charge is -2.34. The largest absolute Gasteiger partial charge is 0.364 e. The first-order chi connectivity index (χ1) is 11.4. The van der Waals surface area contributed by atoms with Gasteiger partial charge in [0.15, 0.2) is 0 Å². The number of aromatic nitrogens is 1. The molecule has 0 bridgehead atoms. The highest BCUT2D eigenvalue weighted by Crippen LogP contribution is 2.41. The molecule has 0 spiro atoms. The summed E-state index contributed by atoms with van der Waals surface area (Å²) in [5, 5.41) is 1.20. The Morgan fingerprint density at radius 1 is 0.913 bits per heavy atom. The predicted molar refractivity (Wildman–Crippen MR) is 96.4 cm³/mol. The second kappa shape index (κ2) is 4.95. The van der Waals surface area contributed by atoms with E-state index < -0.39 is 0 Å². The van der Waals surface area contributed by atoms with Crippen molar-refractivity contribution in [2.45, 2.75) is 18.9 Å². The van der Waals surface area contributed by atoms with Gasteiger partial charge in [-0.2, -0.15) is 0 Å². The van der Waals surface area contributed by atoms with E-state index in [9.17, 15) is 0 Å². The van der Waals surface area contributed by atoms with Crippen molar-refractivity contribution < 1.29 is 0 Å². The fourth-order valence-corrected chi connectivity index (χ4v) is 3.98. The standard InChI is InChI=1S/C21H18N2/c1-3-8-18-15(6-1)11-12-19(22-18)17-14-16-7-2-4-9-20(16)23-13-5-10-21(17)23/h1-4,6-9,11-12,14,21H,5,10,13H2. The van der Waals surface area contributed by atoms with Crippen molar-refractivity contribution in [2.24, 2.45) is 0 Å². The third-order valence-electron chi connectivity index (χ3n) is 5.06. The van der Waals surface area contributed by atoms with Crippen molar-refractivity contribution in [1.82, 2.24) is 4.98 Å². The molecular weight excluding hydrogens is 280 g/mol. The summed E-state index contributed by atoms with van der Waals surface area (Å²) in [6.07, 6.45) is 4.82. The quantitative estimate of drug-likeness (QED) is 0.644. The number of nitrogens with zero attached hydrogens (tertiary/aromatic N) is 2. The minimum atomic E-state index is 0.471. The lowest BCUT2D eigenvalue weighted by molar-refractivity contribution is 0.815. The van der Waals surface area contributed by atoms with Gasteiger partial charge in [-0.25, -0.2) is 4.98 Å². The highest BCUT2D eigenvalue weighted by molar-refractivity contribution is 5.94. The topological polar surface area (TPSA) is 16.1 Å². The highest BCUT2D eigenvalue weighted by Gasteiger charge is 2.33. The van der Waals surface area contributed by atoms with Gasteiger partial charge >= 0.3 is 0 Å². The molecule has 2 aliphatic rings. The number of fused-ring (bicyclic) bond motifs is 4. The summed E-state index contributed by atoms with van der Waals surface area (Å²) < 4.78 is 0. The van der Waals surface area contributed by atoms with E-state index in [2.05, 4.69) is 71.6 Å². The van der Waals surface area contributed by atoms with Crippen LogP contribution in [0.5, 0.6) is 0 Å². The molecule has 5 rings (SSSR count). The normalized spacial score (nSPS) is 19.4. The van der Waals surface area contributed by atoms with Crippen LogP contribution in [0, 0.1) is 0 Å². The van der Waals surface area contributed by atoms with Crippen LogP contribution in [-0.4, -0.2) is 17.6 Å². The maximum Gasteiger partial charge on any atom is 0.0709 e. The first kappa shape index (κ1) is 12.9. The van der Waals surface area contributed by atoms with Crippen LogP contribution in [0.15, 0.2) is 60.7 Å². The first-order valence-electron chi connectivity index (χ1n) is 8.33. The molecule has 2 nitrogen and oxygen atoms in total. The number of rotatable bonds is 1. The van der Waals surface area contributed by atoms with Crippen LogP contribution in [0.2, 0.25) is 0 Å². The smallest absolute Gasteiger partial charge is 0.0709 e. The lowest BCUT2D eigenvalue weighted by Crippen LogP contribution is -2.33. The molecule has 23 heavy (non-hydrogen) atoms. The van der Waals surface area contributed by atoms with Crippen LogP contribution >= 0.6 is 0 Å². The number of anilines is 1. The van der Waals surface area contributed by atoms with Crippen LogP contribution < -0.4 is 4.90 Å². The number of para-hydroxylation sites is 2. The minimum Gasteiger partial charge on any atom is -0.364 e. The second-order valence-corrected chi connectivity index (χ2v) is 6.40. The van der Waals surface area contributed by atoms with Crippen LogP contribution in [0.3, 0.4) is 0 Å². The van der Waals surface area contributed by atoms with Crippen molar-refractivity contribution in [3.05, 3.63) is 71.9 Å². The summed E-state index contributed by atoms with van der Waals surface area (Å²) in [5.41, 5.74) is 6.26. The van der Waals surface area contributed by atoms with Crippen molar-refractivity contribution in [3.8, 4) is 0 Å². The van der Waals surface area contributed by atoms with Crippen LogP contribution in [0.4, 0.5) is 5.69 Å². The molecule has 3 aromatic rings. The zero-order valence-electron chi connectivity index (χ0n) is 12.9. The summed E-state index contributed by atoms with van der Waals surface area (Å²) in [6.45, 7) is 1.15. The number of benzene rings is 2. The van der Waals surface area contributed by atoms with E-state index in [0.29, 0.717) is 6.04 Å². The molecule has 1 saturated heterocycles. The zero-order valence-corrected chi connectivity index (χ0v) is 12.9. The maximum absolute atomic E-state index is 4.94. The molecule has 0 N–H and O–H groups in total.